The van der Waals surface area contributed by atoms with E-state index in [1.165, 1.54) is 12.4 Å². The molecule has 0 aliphatic rings. The van der Waals surface area contributed by atoms with Gasteiger partial charge in [-0.25, -0.2) is 0 Å². The Balaban J connectivity index is 1.89. The van der Waals surface area contributed by atoms with Crippen molar-refractivity contribution in [1.29, 1.82) is 0 Å². The highest BCUT2D eigenvalue weighted by atomic mass is 16.2. The molecule has 2 amide bonds. The van der Waals surface area contributed by atoms with Gasteiger partial charge in [0.1, 0.15) is 0 Å². The summed E-state index contributed by atoms with van der Waals surface area (Å²) in [4.78, 5) is 35.4. The van der Waals surface area contributed by atoms with Crippen molar-refractivity contribution < 1.29 is 9.59 Å². The highest BCUT2D eigenvalue weighted by Crippen LogP contribution is 2.03. The van der Waals surface area contributed by atoms with Gasteiger partial charge in [0.05, 0.1) is 11.1 Å². The van der Waals surface area contributed by atoms with Crippen LogP contribution in [0.25, 0.3) is 0 Å². The summed E-state index contributed by atoms with van der Waals surface area (Å²) in [5.41, 5.74) is 1.07. The number of rotatable bonds is 5. The summed E-state index contributed by atoms with van der Waals surface area (Å²) in [6, 6.07) is 6.88. The van der Waals surface area contributed by atoms with Crippen molar-refractivity contribution in [2.75, 3.05) is 27.2 Å². The van der Waals surface area contributed by atoms with Crippen molar-refractivity contribution in [2.45, 2.75) is 0 Å². The summed E-state index contributed by atoms with van der Waals surface area (Å²) >= 11 is 0. The van der Waals surface area contributed by atoms with Crippen LogP contribution < -0.4 is 0 Å². The van der Waals surface area contributed by atoms with Crippen LogP contribution in [0.4, 0.5) is 0 Å². The van der Waals surface area contributed by atoms with Crippen molar-refractivity contribution >= 4 is 11.8 Å². The molecule has 0 aliphatic carbocycles. The van der Waals surface area contributed by atoms with Gasteiger partial charge < -0.3 is 9.80 Å². The van der Waals surface area contributed by atoms with Gasteiger partial charge in [-0.3, -0.25) is 19.6 Å². The number of hydrogen-bond donors (Lipinski definition) is 0. The Morgan fingerprint density at radius 2 is 1.27 bits per heavy atom. The smallest absolute Gasteiger partial charge is 0.255 e. The molecule has 114 valence electrons. The lowest BCUT2D eigenvalue weighted by molar-refractivity contribution is 0.0718. The van der Waals surface area contributed by atoms with E-state index in [0.29, 0.717) is 24.2 Å². The number of likely N-dealkylation sites (N-methyl/N-ethyl adjacent to an activating group) is 2. The molecular formula is C16H18N4O2. The van der Waals surface area contributed by atoms with E-state index < -0.39 is 0 Å². The zero-order chi connectivity index (χ0) is 15.9. The third-order valence-electron chi connectivity index (χ3n) is 3.28. The second-order valence-electron chi connectivity index (χ2n) is 4.94. The fourth-order valence-electron chi connectivity index (χ4n) is 1.92. The molecule has 2 heterocycles. The van der Waals surface area contributed by atoms with E-state index in [4.69, 9.17) is 0 Å². The van der Waals surface area contributed by atoms with Gasteiger partial charge in [-0.2, -0.15) is 0 Å². The fraction of sp³-hybridized carbons (Fsp3) is 0.250. The molecule has 0 N–H and O–H groups in total. The molecule has 2 aromatic heterocycles. The van der Waals surface area contributed by atoms with Crippen molar-refractivity contribution in [3.05, 3.63) is 60.2 Å². The highest BCUT2D eigenvalue weighted by Gasteiger charge is 2.15. The molecule has 0 saturated carbocycles. The SMILES string of the molecule is CN(CCN(C)C(=O)c1cccnc1)C(=O)c1cccnc1. The number of aromatic nitrogens is 2. The number of amides is 2. The third kappa shape index (κ3) is 3.88. The van der Waals surface area contributed by atoms with Crippen LogP contribution in [0.2, 0.25) is 0 Å². The molecule has 0 aromatic carbocycles. The summed E-state index contributed by atoms with van der Waals surface area (Å²) in [5.74, 6) is -0.231. The van der Waals surface area contributed by atoms with E-state index >= 15 is 0 Å². The average Bonchev–Trinajstić information content (AvgIpc) is 2.59. The fourth-order valence-corrected chi connectivity index (χ4v) is 1.92. The number of carbonyl (C=O) groups excluding carboxylic acids is 2. The Kier molecular flexibility index (Phi) is 5.19. The monoisotopic (exact) mass is 298 g/mol. The lowest BCUT2D eigenvalue weighted by Gasteiger charge is -2.22. The van der Waals surface area contributed by atoms with Crippen LogP contribution in [-0.4, -0.2) is 58.8 Å². The van der Waals surface area contributed by atoms with Crippen molar-refractivity contribution in [3.63, 3.8) is 0 Å². The van der Waals surface area contributed by atoms with Crippen LogP contribution in [0.1, 0.15) is 20.7 Å². The number of pyridine rings is 2. The molecule has 0 spiro atoms. The predicted octanol–water partition coefficient (Wildman–Crippen LogP) is 1.32. The summed E-state index contributed by atoms with van der Waals surface area (Å²) in [7, 11) is 3.41. The van der Waals surface area contributed by atoms with E-state index in [9.17, 15) is 9.59 Å². The molecule has 0 radical (unpaired) electrons. The Hall–Kier alpha value is -2.76. The van der Waals surface area contributed by atoms with Gasteiger partial charge in [-0.05, 0) is 24.3 Å². The maximum Gasteiger partial charge on any atom is 0.255 e. The maximum absolute atomic E-state index is 12.2. The lowest BCUT2D eigenvalue weighted by Crippen LogP contribution is -2.37. The molecular weight excluding hydrogens is 280 g/mol. The van der Waals surface area contributed by atoms with Crippen molar-refractivity contribution in [2.24, 2.45) is 0 Å². The van der Waals surface area contributed by atoms with Gasteiger partial charge in [-0.1, -0.05) is 0 Å². The first-order chi connectivity index (χ1) is 10.6. The first-order valence-corrected chi connectivity index (χ1v) is 6.90. The van der Waals surface area contributed by atoms with Crippen molar-refractivity contribution in [1.82, 2.24) is 19.8 Å². The second-order valence-corrected chi connectivity index (χ2v) is 4.94. The van der Waals surface area contributed by atoms with Crippen LogP contribution in [0.15, 0.2) is 49.1 Å². The van der Waals surface area contributed by atoms with E-state index in [2.05, 4.69) is 9.97 Å². The molecule has 6 heteroatoms. The number of hydrogen-bond acceptors (Lipinski definition) is 4. The first kappa shape index (κ1) is 15.6. The Morgan fingerprint density at radius 3 is 1.59 bits per heavy atom. The highest BCUT2D eigenvalue weighted by molar-refractivity contribution is 5.94. The summed E-state index contributed by atoms with van der Waals surface area (Å²) in [5, 5.41) is 0. The normalized spacial score (nSPS) is 10.1. The minimum Gasteiger partial charge on any atom is -0.340 e. The molecule has 22 heavy (non-hydrogen) atoms. The molecule has 0 bridgehead atoms. The minimum atomic E-state index is -0.115. The van der Waals surface area contributed by atoms with Crippen molar-refractivity contribution in [3.8, 4) is 0 Å². The average molecular weight is 298 g/mol. The van der Waals surface area contributed by atoms with Gasteiger partial charge >= 0.3 is 0 Å². The molecule has 6 nitrogen and oxygen atoms in total. The zero-order valence-corrected chi connectivity index (χ0v) is 12.6. The molecule has 0 aliphatic heterocycles. The summed E-state index contributed by atoms with van der Waals surface area (Å²) < 4.78 is 0. The molecule has 0 atom stereocenters. The van der Waals surface area contributed by atoms with E-state index in [-0.39, 0.29) is 11.8 Å². The van der Waals surface area contributed by atoms with Gasteiger partial charge in [0.15, 0.2) is 0 Å². The molecule has 0 fully saturated rings. The minimum absolute atomic E-state index is 0.115. The predicted molar refractivity (Wildman–Crippen MR) is 82.4 cm³/mol. The zero-order valence-electron chi connectivity index (χ0n) is 12.6. The Morgan fingerprint density at radius 1 is 0.864 bits per heavy atom. The van der Waals surface area contributed by atoms with Gasteiger partial charge in [-0.15, -0.1) is 0 Å². The quantitative estimate of drug-likeness (QED) is 0.835. The van der Waals surface area contributed by atoms with Crippen LogP contribution >= 0.6 is 0 Å². The van der Waals surface area contributed by atoms with E-state index in [0.717, 1.165) is 0 Å². The molecule has 0 unspecified atom stereocenters. The lowest BCUT2D eigenvalue weighted by atomic mass is 10.2. The summed E-state index contributed by atoms with van der Waals surface area (Å²) in [6.45, 7) is 0.881. The largest absolute Gasteiger partial charge is 0.340 e. The van der Waals surface area contributed by atoms with Crippen LogP contribution in [-0.2, 0) is 0 Å². The van der Waals surface area contributed by atoms with Gasteiger partial charge in [0, 0.05) is 52.0 Å². The topological polar surface area (TPSA) is 66.4 Å². The van der Waals surface area contributed by atoms with E-state index in [1.807, 2.05) is 0 Å². The Bertz CT molecular complexity index is 574. The molecule has 2 rings (SSSR count). The first-order valence-electron chi connectivity index (χ1n) is 6.90. The molecule has 2 aromatic rings. The molecule has 0 saturated heterocycles. The summed E-state index contributed by atoms with van der Waals surface area (Å²) in [6.07, 6.45) is 6.31. The second kappa shape index (κ2) is 7.31. The van der Waals surface area contributed by atoms with Crippen LogP contribution in [0, 0.1) is 0 Å². The van der Waals surface area contributed by atoms with Crippen LogP contribution in [0.5, 0.6) is 0 Å². The van der Waals surface area contributed by atoms with Crippen LogP contribution in [0.3, 0.4) is 0 Å². The maximum atomic E-state index is 12.2. The standard InChI is InChI=1S/C16H18N4O2/c1-19(15(21)13-5-3-7-17-11-13)9-10-20(2)16(22)14-6-4-8-18-12-14/h3-8,11-12H,9-10H2,1-2H3. The number of carbonyl (C=O) groups is 2. The van der Waals surface area contributed by atoms with Gasteiger partial charge in [0.25, 0.3) is 11.8 Å². The van der Waals surface area contributed by atoms with E-state index in [1.54, 1.807) is 60.6 Å². The van der Waals surface area contributed by atoms with Gasteiger partial charge in [0.2, 0.25) is 0 Å². The Labute approximate surface area is 129 Å². The number of nitrogens with zero attached hydrogens (tertiary/aromatic N) is 4. The third-order valence-corrected chi connectivity index (χ3v) is 3.28.